The average Bonchev–Trinajstić information content (AvgIpc) is 3.13. The molecular formula is C14H24IN5O2S. The largest absolute Gasteiger partial charge is 0.356 e. The number of nitrogens with zero attached hydrogens (tertiary/aromatic N) is 2. The highest BCUT2D eigenvalue weighted by Crippen LogP contribution is 2.09. The van der Waals surface area contributed by atoms with Gasteiger partial charge in [-0.3, -0.25) is 4.99 Å². The van der Waals surface area contributed by atoms with E-state index in [1.165, 1.54) is 0 Å². The van der Waals surface area contributed by atoms with E-state index in [0.29, 0.717) is 25.1 Å². The van der Waals surface area contributed by atoms with Crippen LogP contribution in [0.1, 0.15) is 12.8 Å². The van der Waals surface area contributed by atoms with Crippen molar-refractivity contribution in [1.29, 1.82) is 0 Å². The third-order valence-electron chi connectivity index (χ3n) is 3.40. The molecule has 0 radical (unpaired) electrons. The molecule has 3 N–H and O–H groups in total. The van der Waals surface area contributed by atoms with Crippen molar-refractivity contribution in [2.24, 2.45) is 12.0 Å². The summed E-state index contributed by atoms with van der Waals surface area (Å²) in [5.41, 5.74) is 0. The second-order valence-electron chi connectivity index (χ2n) is 5.19. The first-order valence-electron chi connectivity index (χ1n) is 7.25. The van der Waals surface area contributed by atoms with Crippen molar-refractivity contribution in [1.82, 2.24) is 19.9 Å². The molecule has 0 aromatic carbocycles. The van der Waals surface area contributed by atoms with Crippen LogP contribution in [0.15, 0.2) is 40.5 Å². The Labute approximate surface area is 154 Å². The molecule has 0 atom stereocenters. The van der Waals surface area contributed by atoms with Gasteiger partial charge in [-0.2, -0.15) is 0 Å². The van der Waals surface area contributed by atoms with Crippen molar-refractivity contribution in [2.75, 3.05) is 20.1 Å². The van der Waals surface area contributed by atoms with Gasteiger partial charge in [0.15, 0.2) is 5.96 Å². The Kier molecular flexibility index (Phi) is 8.06. The van der Waals surface area contributed by atoms with Crippen molar-refractivity contribution in [2.45, 2.75) is 23.8 Å². The molecule has 130 valence electrons. The Balaban J connectivity index is 0.00000264. The lowest BCUT2D eigenvalue weighted by Crippen LogP contribution is -2.45. The zero-order chi connectivity index (χ0) is 16.0. The predicted octanol–water partition coefficient (Wildman–Crippen LogP) is 0.805. The van der Waals surface area contributed by atoms with E-state index >= 15 is 0 Å². The summed E-state index contributed by atoms with van der Waals surface area (Å²) in [6, 6.07) is 1.94. The van der Waals surface area contributed by atoms with E-state index in [2.05, 4.69) is 32.5 Å². The highest BCUT2D eigenvalue weighted by Gasteiger charge is 2.15. The van der Waals surface area contributed by atoms with Gasteiger partial charge in [-0.15, -0.1) is 24.0 Å². The first-order chi connectivity index (χ1) is 10.5. The SMILES string of the molecule is CN=C(NCCNS(=O)(=O)c1ccn(C)c1)NC1CC=CC1.I. The number of rotatable bonds is 6. The fraction of sp³-hybridized carbons (Fsp3) is 0.500. The standard InChI is InChI=1S/C14H23N5O2S.HI/c1-15-14(18-12-5-3-4-6-12)16-8-9-17-22(20,21)13-7-10-19(2)11-13;/h3-4,7,10-12,17H,5-6,8-9H2,1-2H3,(H2,15,16,18);1H. The van der Waals surface area contributed by atoms with E-state index in [1.807, 2.05) is 0 Å². The Morgan fingerprint density at radius 1 is 1.35 bits per heavy atom. The fourth-order valence-electron chi connectivity index (χ4n) is 2.21. The minimum atomic E-state index is -3.45. The summed E-state index contributed by atoms with van der Waals surface area (Å²) in [5, 5.41) is 6.40. The summed E-state index contributed by atoms with van der Waals surface area (Å²) in [6.07, 6.45) is 9.53. The van der Waals surface area contributed by atoms with Crippen LogP contribution < -0.4 is 15.4 Å². The molecule has 2 rings (SSSR count). The molecule has 23 heavy (non-hydrogen) atoms. The molecule has 0 saturated heterocycles. The highest BCUT2D eigenvalue weighted by molar-refractivity contribution is 14.0. The van der Waals surface area contributed by atoms with Crippen LogP contribution in [-0.4, -0.2) is 45.1 Å². The molecule has 1 aliphatic rings. The first kappa shape index (κ1) is 20.0. The average molecular weight is 453 g/mol. The number of aromatic nitrogens is 1. The van der Waals surface area contributed by atoms with Gasteiger partial charge in [-0.05, 0) is 18.9 Å². The van der Waals surface area contributed by atoms with Gasteiger partial charge < -0.3 is 15.2 Å². The zero-order valence-electron chi connectivity index (χ0n) is 13.3. The molecule has 0 spiro atoms. The number of hydrogen-bond acceptors (Lipinski definition) is 3. The molecule has 7 nitrogen and oxygen atoms in total. The summed E-state index contributed by atoms with van der Waals surface area (Å²) < 4.78 is 28.3. The first-order valence-corrected chi connectivity index (χ1v) is 8.73. The lowest BCUT2D eigenvalue weighted by molar-refractivity contribution is 0.579. The van der Waals surface area contributed by atoms with Gasteiger partial charge in [0, 0.05) is 45.6 Å². The molecule has 1 aromatic rings. The second-order valence-corrected chi connectivity index (χ2v) is 6.96. The van der Waals surface area contributed by atoms with Crippen molar-refractivity contribution in [3.63, 3.8) is 0 Å². The van der Waals surface area contributed by atoms with Crippen LogP contribution in [0, 0.1) is 0 Å². The van der Waals surface area contributed by atoms with Gasteiger partial charge in [-0.25, -0.2) is 13.1 Å². The van der Waals surface area contributed by atoms with E-state index in [4.69, 9.17) is 0 Å². The summed E-state index contributed by atoms with van der Waals surface area (Å²) in [7, 11) is 0.0385. The number of guanidine groups is 1. The van der Waals surface area contributed by atoms with E-state index in [-0.39, 0.29) is 28.9 Å². The number of halogens is 1. The molecule has 0 aliphatic heterocycles. The van der Waals surface area contributed by atoms with Crippen LogP contribution >= 0.6 is 24.0 Å². The van der Waals surface area contributed by atoms with E-state index < -0.39 is 10.0 Å². The maximum absolute atomic E-state index is 12.0. The zero-order valence-corrected chi connectivity index (χ0v) is 16.5. The molecule has 9 heteroatoms. The van der Waals surface area contributed by atoms with Crippen LogP contribution in [0.2, 0.25) is 0 Å². The molecule has 0 bridgehead atoms. The topological polar surface area (TPSA) is 87.5 Å². The van der Waals surface area contributed by atoms with Crippen molar-refractivity contribution < 1.29 is 8.42 Å². The predicted molar refractivity (Wildman–Crippen MR) is 103 cm³/mol. The maximum Gasteiger partial charge on any atom is 0.242 e. The normalized spacial score (nSPS) is 15.5. The third kappa shape index (κ3) is 6.15. The Bertz CT molecular complexity index is 646. The lowest BCUT2D eigenvalue weighted by Gasteiger charge is -2.17. The molecule has 1 heterocycles. The van der Waals surface area contributed by atoms with E-state index in [1.54, 1.807) is 37.1 Å². The number of aliphatic imine (C=N–C) groups is 1. The Hall–Kier alpha value is -1.07. The van der Waals surface area contributed by atoms with Crippen LogP contribution in [0.25, 0.3) is 0 Å². The number of sulfonamides is 1. The monoisotopic (exact) mass is 453 g/mol. The summed E-state index contributed by atoms with van der Waals surface area (Å²) in [6.45, 7) is 0.757. The molecular weight excluding hydrogens is 429 g/mol. The van der Waals surface area contributed by atoms with Crippen molar-refractivity contribution in [3.8, 4) is 0 Å². The van der Waals surface area contributed by atoms with Crippen LogP contribution in [0.3, 0.4) is 0 Å². The molecule has 1 aromatic heterocycles. The minimum Gasteiger partial charge on any atom is -0.356 e. The number of nitrogens with one attached hydrogen (secondary N) is 3. The molecule has 0 fully saturated rings. The maximum atomic E-state index is 12.0. The molecule has 0 amide bonds. The minimum absolute atomic E-state index is 0. The smallest absolute Gasteiger partial charge is 0.242 e. The lowest BCUT2D eigenvalue weighted by atomic mass is 10.2. The summed E-state index contributed by atoms with van der Waals surface area (Å²) in [5.74, 6) is 0.688. The van der Waals surface area contributed by atoms with Gasteiger partial charge in [0.1, 0.15) is 0 Å². The van der Waals surface area contributed by atoms with Crippen LogP contribution in [-0.2, 0) is 17.1 Å². The van der Waals surface area contributed by atoms with Gasteiger partial charge in [-0.1, -0.05) is 12.2 Å². The molecule has 0 saturated carbocycles. The fourth-order valence-corrected chi connectivity index (χ4v) is 3.29. The molecule has 1 aliphatic carbocycles. The van der Waals surface area contributed by atoms with Gasteiger partial charge in [0.25, 0.3) is 0 Å². The van der Waals surface area contributed by atoms with E-state index in [0.717, 1.165) is 12.8 Å². The van der Waals surface area contributed by atoms with E-state index in [9.17, 15) is 8.42 Å². The van der Waals surface area contributed by atoms with Crippen molar-refractivity contribution >= 4 is 40.0 Å². The Morgan fingerprint density at radius 2 is 2.04 bits per heavy atom. The molecule has 0 unspecified atom stereocenters. The third-order valence-corrected chi connectivity index (χ3v) is 4.84. The van der Waals surface area contributed by atoms with Crippen LogP contribution in [0.5, 0.6) is 0 Å². The number of aryl methyl sites for hydroxylation is 1. The van der Waals surface area contributed by atoms with Gasteiger partial charge >= 0.3 is 0 Å². The quantitative estimate of drug-likeness (QED) is 0.196. The number of hydrogen-bond donors (Lipinski definition) is 3. The van der Waals surface area contributed by atoms with Gasteiger partial charge in [0.05, 0.1) is 4.90 Å². The van der Waals surface area contributed by atoms with Crippen LogP contribution in [0.4, 0.5) is 0 Å². The Morgan fingerprint density at radius 3 is 2.61 bits per heavy atom. The van der Waals surface area contributed by atoms with Crippen molar-refractivity contribution in [3.05, 3.63) is 30.6 Å². The van der Waals surface area contributed by atoms with Gasteiger partial charge in [0.2, 0.25) is 10.0 Å². The summed E-state index contributed by atoms with van der Waals surface area (Å²) in [4.78, 5) is 4.41. The highest BCUT2D eigenvalue weighted by atomic mass is 127. The summed E-state index contributed by atoms with van der Waals surface area (Å²) >= 11 is 0. The second kappa shape index (κ2) is 9.28.